The highest BCUT2D eigenvalue weighted by Gasteiger charge is 2.39. The molecule has 1 aliphatic heterocycles. The molecule has 1 amide bonds. The molecule has 1 saturated heterocycles. The largest absolute Gasteiger partial charge is 0.394 e. The molecule has 0 bridgehead atoms. The van der Waals surface area contributed by atoms with Crippen LogP contribution in [0, 0.1) is 5.41 Å². The predicted octanol–water partition coefficient (Wildman–Crippen LogP) is 0.360. The maximum Gasteiger partial charge on any atom is 0.230 e. The fraction of sp³-hybridized carbons (Fsp3) is 0.923. The molecule has 0 aromatic rings. The fourth-order valence-electron chi connectivity index (χ4n) is 2.58. The van der Waals surface area contributed by atoms with Gasteiger partial charge in [-0.1, -0.05) is 13.8 Å². The van der Waals surface area contributed by atoms with Crippen LogP contribution in [0.1, 0.15) is 33.6 Å². The average molecular weight is 258 g/mol. The number of nitrogens with two attached hydrogens (primary N) is 1. The number of nitrogens with zero attached hydrogens (tertiary/aromatic N) is 1. The molecular formula is C13H26N2O3. The molecule has 1 rings (SSSR count). The van der Waals surface area contributed by atoms with Gasteiger partial charge in [-0.05, 0) is 19.8 Å². The van der Waals surface area contributed by atoms with E-state index in [0.29, 0.717) is 19.6 Å². The lowest BCUT2D eigenvalue weighted by atomic mass is 9.80. The zero-order chi connectivity index (χ0) is 13.8. The third kappa shape index (κ3) is 3.02. The zero-order valence-electron chi connectivity index (χ0n) is 11.7. The Hall–Kier alpha value is -0.650. The van der Waals surface area contributed by atoms with Gasteiger partial charge >= 0.3 is 0 Å². The highest BCUT2D eigenvalue weighted by atomic mass is 16.5. The summed E-state index contributed by atoms with van der Waals surface area (Å²) in [4.78, 5) is 14.4. The maximum absolute atomic E-state index is 12.6. The number of aliphatic hydroxyl groups is 1. The number of carbonyl (C=O) groups excluding carboxylic acids is 1. The smallest absolute Gasteiger partial charge is 0.230 e. The van der Waals surface area contributed by atoms with Crippen molar-refractivity contribution in [1.29, 1.82) is 0 Å². The van der Waals surface area contributed by atoms with Crippen molar-refractivity contribution in [2.75, 3.05) is 26.2 Å². The monoisotopic (exact) mass is 258 g/mol. The first kappa shape index (κ1) is 15.4. The van der Waals surface area contributed by atoms with E-state index < -0.39 is 5.41 Å². The Morgan fingerprint density at radius 1 is 1.44 bits per heavy atom. The van der Waals surface area contributed by atoms with Gasteiger partial charge in [0.2, 0.25) is 5.91 Å². The van der Waals surface area contributed by atoms with Gasteiger partial charge < -0.3 is 20.5 Å². The van der Waals surface area contributed by atoms with Gasteiger partial charge in [0.25, 0.3) is 0 Å². The molecule has 2 atom stereocenters. The van der Waals surface area contributed by atoms with E-state index in [0.717, 1.165) is 12.8 Å². The lowest BCUT2D eigenvalue weighted by molar-refractivity contribution is -0.157. The van der Waals surface area contributed by atoms with Crippen LogP contribution in [0.3, 0.4) is 0 Å². The number of amides is 1. The molecule has 3 N–H and O–H groups in total. The molecule has 2 unspecified atom stereocenters. The van der Waals surface area contributed by atoms with Crippen molar-refractivity contribution in [2.24, 2.45) is 11.1 Å². The number of morpholine rings is 1. The van der Waals surface area contributed by atoms with Crippen molar-refractivity contribution in [3.8, 4) is 0 Å². The van der Waals surface area contributed by atoms with Gasteiger partial charge in [0.15, 0.2) is 0 Å². The van der Waals surface area contributed by atoms with Gasteiger partial charge in [-0.25, -0.2) is 0 Å². The molecule has 0 aromatic heterocycles. The van der Waals surface area contributed by atoms with E-state index in [2.05, 4.69) is 0 Å². The summed E-state index contributed by atoms with van der Waals surface area (Å²) in [6.07, 6.45) is 1.17. The Labute approximate surface area is 109 Å². The van der Waals surface area contributed by atoms with Crippen molar-refractivity contribution in [1.82, 2.24) is 4.90 Å². The van der Waals surface area contributed by atoms with Crippen LogP contribution >= 0.6 is 0 Å². The van der Waals surface area contributed by atoms with Gasteiger partial charge in [-0.2, -0.15) is 0 Å². The Bertz CT molecular complexity index is 271. The number of aliphatic hydroxyl groups excluding tert-OH is 1. The van der Waals surface area contributed by atoms with Crippen LogP contribution in [0.5, 0.6) is 0 Å². The molecular weight excluding hydrogens is 232 g/mol. The summed E-state index contributed by atoms with van der Waals surface area (Å²) >= 11 is 0. The molecule has 0 radical (unpaired) electrons. The minimum atomic E-state index is -0.461. The van der Waals surface area contributed by atoms with Crippen molar-refractivity contribution in [3.63, 3.8) is 0 Å². The fourth-order valence-corrected chi connectivity index (χ4v) is 2.58. The molecule has 1 aliphatic rings. The quantitative estimate of drug-likeness (QED) is 0.746. The van der Waals surface area contributed by atoms with Gasteiger partial charge in [-0.3, -0.25) is 4.79 Å². The first-order chi connectivity index (χ1) is 8.52. The second-order valence-corrected chi connectivity index (χ2v) is 5.15. The highest BCUT2D eigenvalue weighted by Crippen LogP contribution is 2.29. The van der Waals surface area contributed by atoms with Gasteiger partial charge in [0.1, 0.15) is 0 Å². The Kier molecular flexibility index (Phi) is 5.56. The van der Waals surface area contributed by atoms with E-state index in [1.54, 1.807) is 4.90 Å². The van der Waals surface area contributed by atoms with Crippen LogP contribution in [-0.2, 0) is 9.53 Å². The van der Waals surface area contributed by atoms with Crippen molar-refractivity contribution < 1.29 is 14.6 Å². The summed E-state index contributed by atoms with van der Waals surface area (Å²) in [5.74, 6) is 0.101. The second kappa shape index (κ2) is 6.50. The third-order valence-electron chi connectivity index (χ3n) is 4.02. The number of hydrogen-bond acceptors (Lipinski definition) is 4. The minimum absolute atomic E-state index is 0.0379. The Balaban J connectivity index is 2.81. The SMILES string of the molecule is CCC(CC)(CN)C(=O)N1CC(C)OC(CO)C1. The number of ether oxygens (including phenoxy) is 1. The van der Waals surface area contributed by atoms with Crippen LogP contribution in [0.4, 0.5) is 0 Å². The molecule has 106 valence electrons. The lowest BCUT2D eigenvalue weighted by Crippen LogP contribution is -2.56. The molecule has 18 heavy (non-hydrogen) atoms. The highest BCUT2D eigenvalue weighted by molar-refractivity contribution is 5.83. The number of carbonyl (C=O) groups is 1. The minimum Gasteiger partial charge on any atom is -0.394 e. The van der Waals surface area contributed by atoms with E-state index in [-0.39, 0.29) is 24.7 Å². The van der Waals surface area contributed by atoms with Crippen LogP contribution in [0.15, 0.2) is 0 Å². The van der Waals surface area contributed by atoms with Gasteiger partial charge in [0.05, 0.1) is 24.2 Å². The van der Waals surface area contributed by atoms with Crippen LogP contribution in [-0.4, -0.2) is 54.4 Å². The van der Waals surface area contributed by atoms with E-state index in [1.165, 1.54) is 0 Å². The van der Waals surface area contributed by atoms with E-state index in [1.807, 2.05) is 20.8 Å². The van der Waals surface area contributed by atoms with Gasteiger partial charge in [-0.15, -0.1) is 0 Å². The summed E-state index contributed by atoms with van der Waals surface area (Å²) in [6.45, 7) is 7.28. The van der Waals surface area contributed by atoms with E-state index >= 15 is 0 Å². The summed E-state index contributed by atoms with van der Waals surface area (Å²) in [5.41, 5.74) is 5.35. The van der Waals surface area contributed by atoms with Crippen LogP contribution in [0.2, 0.25) is 0 Å². The van der Waals surface area contributed by atoms with Crippen molar-refractivity contribution in [3.05, 3.63) is 0 Å². The standard InChI is InChI=1S/C13H26N2O3/c1-4-13(5-2,9-14)12(17)15-6-10(3)18-11(7-15)8-16/h10-11,16H,4-9,14H2,1-3H3. The maximum atomic E-state index is 12.6. The summed E-state index contributed by atoms with van der Waals surface area (Å²) in [7, 11) is 0. The lowest BCUT2D eigenvalue weighted by Gasteiger charge is -2.41. The molecule has 0 spiro atoms. The van der Waals surface area contributed by atoms with Crippen molar-refractivity contribution in [2.45, 2.75) is 45.8 Å². The average Bonchev–Trinajstić information content (AvgIpc) is 2.40. The molecule has 0 aliphatic carbocycles. The first-order valence-electron chi connectivity index (χ1n) is 6.78. The predicted molar refractivity (Wildman–Crippen MR) is 70.1 cm³/mol. The third-order valence-corrected chi connectivity index (χ3v) is 4.02. The second-order valence-electron chi connectivity index (χ2n) is 5.15. The van der Waals surface area contributed by atoms with Crippen LogP contribution < -0.4 is 5.73 Å². The molecule has 5 nitrogen and oxygen atoms in total. The topological polar surface area (TPSA) is 75.8 Å². The van der Waals surface area contributed by atoms with E-state index in [4.69, 9.17) is 10.5 Å². The molecule has 0 saturated carbocycles. The molecule has 1 heterocycles. The normalized spacial score (nSPS) is 25.3. The summed E-state index contributed by atoms with van der Waals surface area (Å²) in [5, 5.41) is 9.20. The number of rotatable bonds is 5. The Morgan fingerprint density at radius 2 is 2.06 bits per heavy atom. The first-order valence-corrected chi connectivity index (χ1v) is 6.78. The number of hydrogen-bond donors (Lipinski definition) is 2. The molecule has 0 aromatic carbocycles. The van der Waals surface area contributed by atoms with E-state index in [9.17, 15) is 9.90 Å². The van der Waals surface area contributed by atoms with Crippen LogP contribution in [0.25, 0.3) is 0 Å². The van der Waals surface area contributed by atoms with Gasteiger partial charge in [0, 0.05) is 19.6 Å². The summed E-state index contributed by atoms with van der Waals surface area (Å²) < 4.78 is 5.55. The zero-order valence-corrected chi connectivity index (χ0v) is 11.7. The molecule has 5 heteroatoms. The molecule has 1 fully saturated rings. The Morgan fingerprint density at radius 3 is 2.50 bits per heavy atom. The summed E-state index contributed by atoms with van der Waals surface area (Å²) in [6, 6.07) is 0. The van der Waals surface area contributed by atoms with Crippen molar-refractivity contribution >= 4 is 5.91 Å².